The zero-order chi connectivity index (χ0) is 19.1. The Morgan fingerprint density at radius 3 is 2.62 bits per heavy atom. The van der Waals surface area contributed by atoms with E-state index in [1.54, 1.807) is 26.0 Å². The van der Waals surface area contributed by atoms with Gasteiger partial charge < -0.3 is 4.57 Å². The lowest BCUT2D eigenvalue weighted by Gasteiger charge is -2.08. The van der Waals surface area contributed by atoms with Gasteiger partial charge in [-0.05, 0) is 50.2 Å². The molecule has 3 aromatic rings. The Morgan fingerprint density at radius 1 is 1.19 bits per heavy atom. The highest BCUT2D eigenvalue weighted by Crippen LogP contribution is 2.22. The Balaban J connectivity index is 2.06. The minimum Gasteiger partial charge on any atom is -0.319 e. The van der Waals surface area contributed by atoms with Crippen molar-refractivity contribution in [2.45, 2.75) is 24.0 Å². The molecule has 1 amide bonds. The van der Waals surface area contributed by atoms with Gasteiger partial charge in [0.25, 0.3) is 5.91 Å². The first-order valence-electron chi connectivity index (χ1n) is 7.88. The Morgan fingerprint density at radius 2 is 1.92 bits per heavy atom. The summed E-state index contributed by atoms with van der Waals surface area (Å²) in [6.45, 7) is 3.23. The summed E-state index contributed by atoms with van der Waals surface area (Å²) in [6, 6.07) is 11.9. The number of carbonyl (C=O) groups excluding carboxylic acids is 1. The lowest BCUT2D eigenvalue weighted by molar-refractivity contribution is 0.0997. The Kier molecular flexibility index (Phi) is 5.18. The smallest absolute Gasteiger partial charge is 0.279 e. The Labute approximate surface area is 164 Å². The van der Waals surface area contributed by atoms with Crippen LogP contribution in [-0.2, 0) is 16.9 Å². The zero-order valence-electron chi connectivity index (χ0n) is 14.4. The Bertz CT molecular complexity index is 1170. The predicted octanol–water partition coefficient (Wildman–Crippen LogP) is 3.93. The van der Waals surface area contributed by atoms with Gasteiger partial charge >= 0.3 is 0 Å². The molecular formula is C18H17BrN2O3S2. The first-order valence-corrected chi connectivity index (χ1v) is 11.0. The van der Waals surface area contributed by atoms with Gasteiger partial charge in [-0.15, -0.1) is 0 Å². The van der Waals surface area contributed by atoms with Crippen LogP contribution < -0.4 is 4.80 Å². The highest BCUT2D eigenvalue weighted by atomic mass is 79.9. The second-order valence-electron chi connectivity index (χ2n) is 6.09. The fraction of sp³-hybridized carbons (Fsp3) is 0.222. The van der Waals surface area contributed by atoms with E-state index in [-0.39, 0.29) is 10.5 Å². The van der Waals surface area contributed by atoms with Crippen LogP contribution in [0.4, 0.5) is 0 Å². The largest absolute Gasteiger partial charge is 0.319 e. The summed E-state index contributed by atoms with van der Waals surface area (Å²) >= 11 is 4.84. The lowest BCUT2D eigenvalue weighted by atomic mass is 10.2. The molecule has 0 radical (unpaired) electrons. The molecule has 1 heterocycles. The van der Waals surface area contributed by atoms with Crippen molar-refractivity contribution in [3.63, 3.8) is 0 Å². The highest BCUT2D eigenvalue weighted by molar-refractivity contribution is 9.10. The zero-order valence-corrected chi connectivity index (χ0v) is 17.7. The van der Waals surface area contributed by atoms with Crippen molar-refractivity contribution in [3.05, 3.63) is 57.3 Å². The summed E-state index contributed by atoms with van der Waals surface area (Å²) < 4.78 is 28.4. The molecule has 0 aliphatic heterocycles. The van der Waals surface area contributed by atoms with Crippen molar-refractivity contribution in [1.29, 1.82) is 0 Å². The van der Waals surface area contributed by atoms with Crippen LogP contribution >= 0.6 is 27.3 Å². The van der Waals surface area contributed by atoms with E-state index >= 15 is 0 Å². The van der Waals surface area contributed by atoms with E-state index in [2.05, 4.69) is 20.9 Å². The van der Waals surface area contributed by atoms with E-state index in [1.807, 2.05) is 29.8 Å². The van der Waals surface area contributed by atoms with Crippen LogP contribution in [0.5, 0.6) is 0 Å². The molecule has 5 nitrogen and oxygen atoms in total. The average molecular weight is 453 g/mol. The van der Waals surface area contributed by atoms with E-state index in [9.17, 15) is 13.2 Å². The van der Waals surface area contributed by atoms with Gasteiger partial charge in [-0.1, -0.05) is 33.3 Å². The van der Waals surface area contributed by atoms with Gasteiger partial charge in [-0.2, -0.15) is 4.99 Å². The third-order valence-electron chi connectivity index (χ3n) is 4.00. The first-order chi connectivity index (χ1) is 12.2. The van der Waals surface area contributed by atoms with Crippen LogP contribution in [0.1, 0.15) is 24.2 Å². The molecule has 8 heteroatoms. The molecule has 0 fully saturated rings. The van der Waals surface area contributed by atoms with Crippen molar-refractivity contribution in [2.75, 3.05) is 0 Å². The normalized spacial score (nSPS) is 12.9. The summed E-state index contributed by atoms with van der Waals surface area (Å²) in [4.78, 5) is 17.5. The molecule has 0 saturated heterocycles. The number of carbonyl (C=O) groups is 1. The van der Waals surface area contributed by atoms with Crippen LogP contribution in [-0.4, -0.2) is 24.1 Å². The molecule has 1 aromatic heterocycles. The maximum Gasteiger partial charge on any atom is 0.279 e. The summed E-state index contributed by atoms with van der Waals surface area (Å²) in [5.74, 6) is -0.466. The third-order valence-corrected chi connectivity index (χ3v) is 7.74. The number of thiazole rings is 1. The second-order valence-corrected chi connectivity index (χ2v) is 10.5. The fourth-order valence-electron chi connectivity index (χ4n) is 2.44. The van der Waals surface area contributed by atoms with Crippen molar-refractivity contribution in [3.8, 4) is 0 Å². The van der Waals surface area contributed by atoms with Crippen LogP contribution in [0.2, 0.25) is 0 Å². The maximum absolute atomic E-state index is 12.6. The monoisotopic (exact) mass is 452 g/mol. The van der Waals surface area contributed by atoms with E-state index in [1.165, 1.54) is 23.5 Å². The number of hydrogen-bond donors (Lipinski definition) is 0. The van der Waals surface area contributed by atoms with Gasteiger partial charge in [0.2, 0.25) is 0 Å². The molecule has 0 N–H and O–H groups in total. The number of nitrogens with zero attached hydrogens (tertiary/aromatic N) is 2. The number of amides is 1. The fourth-order valence-corrected chi connectivity index (χ4v) is 5.12. The second kappa shape index (κ2) is 7.09. The van der Waals surface area contributed by atoms with Gasteiger partial charge in [-0.25, -0.2) is 8.42 Å². The number of sulfone groups is 1. The number of rotatable bonds is 3. The average Bonchev–Trinajstić information content (AvgIpc) is 2.89. The standard InChI is InChI=1S/C18H17BrN2O3S2/c1-11(2)26(23,24)14-6-4-5-12(9-14)17(22)20-18-21(3)15-8-7-13(19)10-16(15)25-18/h4-11H,1-3H3. The number of aromatic nitrogens is 1. The molecule has 0 saturated carbocycles. The summed E-state index contributed by atoms with van der Waals surface area (Å²) in [6.07, 6.45) is 0. The van der Waals surface area contributed by atoms with E-state index in [0.29, 0.717) is 4.80 Å². The molecule has 0 aliphatic carbocycles. The van der Waals surface area contributed by atoms with Crippen LogP contribution in [0.3, 0.4) is 0 Å². The van der Waals surface area contributed by atoms with Crippen molar-refractivity contribution in [2.24, 2.45) is 12.0 Å². The van der Waals surface area contributed by atoms with Crippen molar-refractivity contribution in [1.82, 2.24) is 4.57 Å². The summed E-state index contributed by atoms with van der Waals surface area (Å²) in [5, 5.41) is -0.552. The topological polar surface area (TPSA) is 68.5 Å². The molecule has 0 atom stereocenters. The third kappa shape index (κ3) is 3.54. The van der Waals surface area contributed by atoms with Crippen LogP contribution in [0, 0.1) is 0 Å². The SMILES string of the molecule is CC(C)S(=O)(=O)c1cccc(C(=O)N=c2sc3cc(Br)ccc3n2C)c1. The molecule has 26 heavy (non-hydrogen) atoms. The highest BCUT2D eigenvalue weighted by Gasteiger charge is 2.20. The molecule has 0 spiro atoms. The molecular weight excluding hydrogens is 436 g/mol. The molecule has 136 valence electrons. The lowest BCUT2D eigenvalue weighted by Crippen LogP contribution is -2.15. The van der Waals surface area contributed by atoms with Gasteiger partial charge in [0.15, 0.2) is 14.6 Å². The van der Waals surface area contributed by atoms with Gasteiger partial charge in [0.1, 0.15) is 0 Å². The summed E-state index contributed by atoms with van der Waals surface area (Å²) in [5.41, 5.74) is 1.23. The van der Waals surface area contributed by atoms with E-state index in [0.717, 1.165) is 14.7 Å². The van der Waals surface area contributed by atoms with Gasteiger partial charge in [0, 0.05) is 17.1 Å². The molecule has 0 unspecified atom stereocenters. The number of aryl methyl sites for hydroxylation is 1. The number of benzene rings is 2. The van der Waals surface area contributed by atoms with E-state index in [4.69, 9.17) is 0 Å². The summed E-state index contributed by atoms with van der Waals surface area (Å²) in [7, 11) is -1.60. The Hall–Kier alpha value is -1.77. The number of fused-ring (bicyclic) bond motifs is 1. The molecule has 3 rings (SSSR count). The molecule has 0 bridgehead atoms. The van der Waals surface area contributed by atoms with Gasteiger partial charge in [-0.3, -0.25) is 4.79 Å². The van der Waals surface area contributed by atoms with Crippen molar-refractivity contribution >= 4 is 53.2 Å². The molecule has 2 aromatic carbocycles. The number of hydrogen-bond acceptors (Lipinski definition) is 4. The minimum absolute atomic E-state index is 0.137. The minimum atomic E-state index is -3.44. The first kappa shape index (κ1) is 19.0. The quantitative estimate of drug-likeness (QED) is 0.604. The number of halogens is 1. The van der Waals surface area contributed by atoms with Crippen LogP contribution in [0.25, 0.3) is 10.2 Å². The van der Waals surface area contributed by atoms with E-state index < -0.39 is 21.0 Å². The van der Waals surface area contributed by atoms with Crippen LogP contribution in [0.15, 0.2) is 56.8 Å². The predicted molar refractivity (Wildman–Crippen MR) is 107 cm³/mol. The van der Waals surface area contributed by atoms with Crippen molar-refractivity contribution < 1.29 is 13.2 Å². The van der Waals surface area contributed by atoms with Gasteiger partial charge in [0.05, 0.1) is 20.4 Å². The maximum atomic E-state index is 12.6. The molecule has 0 aliphatic rings.